The van der Waals surface area contributed by atoms with Crippen molar-refractivity contribution in [3.05, 3.63) is 29.6 Å². The Bertz CT molecular complexity index is 603. The van der Waals surface area contributed by atoms with E-state index in [0.29, 0.717) is 18.4 Å². The Morgan fingerprint density at radius 3 is 2.75 bits per heavy atom. The summed E-state index contributed by atoms with van der Waals surface area (Å²) >= 11 is 0. The Kier molecular flexibility index (Phi) is 6.65. The molecule has 4 nitrogen and oxygen atoms in total. The fourth-order valence-corrected chi connectivity index (χ4v) is 2.61. The van der Waals surface area contributed by atoms with Crippen LogP contribution >= 0.6 is 0 Å². The number of aliphatic hydroxyl groups excluding tert-OH is 1. The Morgan fingerprint density at radius 2 is 2.15 bits per heavy atom. The zero-order valence-electron chi connectivity index (χ0n) is 11.3. The first-order valence-electron chi connectivity index (χ1n) is 6.40. The Labute approximate surface area is 119 Å². The molecule has 0 radical (unpaired) electrons. The largest absolute Gasteiger partial charge is 0.395 e. The summed E-state index contributed by atoms with van der Waals surface area (Å²) < 4.78 is 39.9. The van der Waals surface area contributed by atoms with Crippen LogP contribution < -0.4 is 4.72 Å². The third-order valence-corrected chi connectivity index (χ3v) is 4.01. The Morgan fingerprint density at radius 1 is 1.40 bits per heavy atom. The first-order chi connectivity index (χ1) is 9.51. The molecule has 0 saturated carbocycles. The van der Waals surface area contributed by atoms with Gasteiger partial charge in [-0.3, -0.25) is 0 Å². The molecule has 110 valence electrons. The lowest BCUT2D eigenvalue weighted by atomic mass is 10.2. The molecule has 0 aliphatic carbocycles. The standard InChI is InChI=1S/C14H18FNO3S/c1-2-3-9-16-20(18,19)14-8-7-12(11-13(14)15)6-4-5-10-17/h7-8,11,16-17H,2-3,5,9-10H2,1H3. The van der Waals surface area contributed by atoms with Crippen molar-refractivity contribution < 1.29 is 17.9 Å². The van der Waals surface area contributed by atoms with Gasteiger partial charge in [0.25, 0.3) is 0 Å². The number of unbranched alkanes of at least 4 members (excludes halogenated alkanes) is 1. The van der Waals surface area contributed by atoms with E-state index in [4.69, 9.17) is 5.11 Å². The molecule has 1 aromatic carbocycles. The number of halogens is 1. The van der Waals surface area contributed by atoms with E-state index in [1.807, 2.05) is 6.92 Å². The van der Waals surface area contributed by atoms with Gasteiger partial charge in [0.2, 0.25) is 10.0 Å². The Hall–Kier alpha value is -1.42. The van der Waals surface area contributed by atoms with Gasteiger partial charge in [0.15, 0.2) is 0 Å². The number of aliphatic hydroxyl groups is 1. The topological polar surface area (TPSA) is 66.4 Å². The molecule has 1 aromatic rings. The second kappa shape index (κ2) is 8.00. The molecule has 20 heavy (non-hydrogen) atoms. The third kappa shape index (κ3) is 4.93. The maximum Gasteiger partial charge on any atom is 0.243 e. The van der Waals surface area contributed by atoms with Crippen molar-refractivity contribution in [3.63, 3.8) is 0 Å². The normalized spacial score (nSPS) is 10.9. The monoisotopic (exact) mass is 299 g/mol. The highest BCUT2D eigenvalue weighted by molar-refractivity contribution is 7.89. The van der Waals surface area contributed by atoms with Crippen LogP contribution in [0.4, 0.5) is 4.39 Å². The lowest BCUT2D eigenvalue weighted by Crippen LogP contribution is -2.25. The highest BCUT2D eigenvalue weighted by Crippen LogP contribution is 2.15. The summed E-state index contributed by atoms with van der Waals surface area (Å²) in [6.45, 7) is 2.16. The van der Waals surface area contributed by atoms with Crippen LogP contribution in [-0.2, 0) is 10.0 Å². The molecule has 0 amide bonds. The average molecular weight is 299 g/mol. The summed E-state index contributed by atoms with van der Waals surface area (Å²) in [5, 5.41) is 8.59. The highest BCUT2D eigenvalue weighted by atomic mass is 32.2. The van der Waals surface area contributed by atoms with E-state index >= 15 is 0 Å². The molecule has 6 heteroatoms. The highest BCUT2D eigenvalue weighted by Gasteiger charge is 2.18. The maximum atomic E-state index is 13.8. The van der Waals surface area contributed by atoms with Gasteiger partial charge in [-0.2, -0.15) is 0 Å². The zero-order valence-corrected chi connectivity index (χ0v) is 12.1. The number of hydrogen-bond donors (Lipinski definition) is 2. The SMILES string of the molecule is CCCCNS(=O)(=O)c1ccc(C#CCCO)cc1F. The summed E-state index contributed by atoms with van der Waals surface area (Å²) in [6, 6.07) is 3.73. The van der Waals surface area contributed by atoms with E-state index in [-0.39, 0.29) is 18.0 Å². The molecular weight excluding hydrogens is 281 g/mol. The molecule has 0 aliphatic rings. The number of rotatable bonds is 6. The maximum absolute atomic E-state index is 13.8. The van der Waals surface area contributed by atoms with Crippen LogP contribution in [0.2, 0.25) is 0 Å². The second-order valence-corrected chi connectivity index (χ2v) is 5.91. The lowest BCUT2D eigenvalue weighted by molar-refractivity contribution is 0.305. The average Bonchev–Trinajstić information content (AvgIpc) is 2.39. The first kappa shape index (κ1) is 16.6. The van der Waals surface area contributed by atoms with Gasteiger partial charge in [-0.15, -0.1) is 0 Å². The summed E-state index contributed by atoms with van der Waals surface area (Å²) in [6.07, 6.45) is 1.84. The van der Waals surface area contributed by atoms with Crippen molar-refractivity contribution in [1.82, 2.24) is 4.72 Å². The van der Waals surface area contributed by atoms with E-state index in [1.165, 1.54) is 12.1 Å². The molecule has 0 spiro atoms. The fourth-order valence-electron chi connectivity index (χ4n) is 1.48. The van der Waals surface area contributed by atoms with Gasteiger partial charge < -0.3 is 5.11 Å². The summed E-state index contributed by atoms with van der Waals surface area (Å²) in [5.74, 6) is 4.47. The van der Waals surface area contributed by atoms with Gasteiger partial charge in [-0.1, -0.05) is 25.2 Å². The summed E-state index contributed by atoms with van der Waals surface area (Å²) in [4.78, 5) is -0.374. The second-order valence-electron chi connectivity index (χ2n) is 4.17. The molecule has 0 unspecified atom stereocenters. The third-order valence-electron chi connectivity index (χ3n) is 2.51. The van der Waals surface area contributed by atoms with E-state index in [1.54, 1.807) is 0 Å². The number of benzene rings is 1. The number of hydrogen-bond acceptors (Lipinski definition) is 3. The van der Waals surface area contributed by atoms with E-state index in [0.717, 1.165) is 12.5 Å². The molecule has 0 heterocycles. The van der Waals surface area contributed by atoms with Crippen molar-refractivity contribution in [2.45, 2.75) is 31.1 Å². The minimum absolute atomic E-state index is 0.0662. The van der Waals surface area contributed by atoms with Crippen molar-refractivity contribution >= 4 is 10.0 Å². The molecule has 2 N–H and O–H groups in total. The molecule has 0 atom stereocenters. The Balaban J connectivity index is 2.90. The smallest absolute Gasteiger partial charge is 0.243 e. The predicted molar refractivity (Wildman–Crippen MR) is 75.1 cm³/mol. The lowest BCUT2D eigenvalue weighted by Gasteiger charge is -2.07. The first-order valence-corrected chi connectivity index (χ1v) is 7.88. The van der Waals surface area contributed by atoms with Crippen molar-refractivity contribution in [2.24, 2.45) is 0 Å². The van der Waals surface area contributed by atoms with Crippen LogP contribution in [0.25, 0.3) is 0 Å². The molecular formula is C14H18FNO3S. The van der Waals surface area contributed by atoms with Crippen LogP contribution in [0.3, 0.4) is 0 Å². The zero-order chi connectivity index (χ0) is 15.0. The van der Waals surface area contributed by atoms with Crippen LogP contribution in [0.5, 0.6) is 0 Å². The summed E-state index contributed by atoms with van der Waals surface area (Å²) in [5.41, 5.74) is 0.378. The van der Waals surface area contributed by atoms with Crippen molar-refractivity contribution in [2.75, 3.05) is 13.2 Å². The molecule has 0 aliphatic heterocycles. The summed E-state index contributed by atoms with van der Waals surface area (Å²) in [7, 11) is -3.82. The van der Waals surface area contributed by atoms with Crippen LogP contribution in [0.1, 0.15) is 31.7 Å². The van der Waals surface area contributed by atoms with Gasteiger partial charge in [0, 0.05) is 18.5 Å². The minimum Gasteiger partial charge on any atom is -0.395 e. The fraction of sp³-hybridized carbons (Fsp3) is 0.429. The number of nitrogens with one attached hydrogen (secondary N) is 1. The van der Waals surface area contributed by atoms with E-state index in [2.05, 4.69) is 16.6 Å². The quantitative estimate of drug-likeness (QED) is 0.620. The van der Waals surface area contributed by atoms with Crippen LogP contribution in [-0.4, -0.2) is 26.7 Å². The molecule has 0 aromatic heterocycles. The molecule has 1 rings (SSSR count). The van der Waals surface area contributed by atoms with Crippen LogP contribution in [0, 0.1) is 17.7 Å². The molecule has 0 bridgehead atoms. The van der Waals surface area contributed by atoms with E-state index in [9.17, 15) is 12.8 Å². The van der Waals surface area contributed by atoms with Gasteiger partial charge in [0.05, 0.1) is 6.61 Å². The van der Waals surface area contributed by atoms with Gasteiger partial charge in [-0.05, 0) is 24.6 Å². The van der Waals surface area contributed by atoms with Gasteiger partial charge in [0.1, 0.15) is 10.7 Å². The van der Waals surface area contributed by atoms with Crippen molar-refractivity contribution in [3.8, 4) is 11.8 Å². The van der Waals surface area contributed by atoms with Crippen LogP contribution in [0.15, 0.2) is 23.1 Å². The number of sulfonamides is 1. The van der Waals surface area contributed by atoms with E-state index < -0.39 is 15.8 Å². The van der Waals surface area contributed by atoms with Gasteiger partial charge in [-0.25, -0.2) is 17.5 Å². The molecule has 0 saturated heterocycles. The molecule has 0 fully saturated rings. The van der Waals surface area contributed by atoms with Crippen molar-refractivity contribution in [1.29, 1.82) is 0 Å². The predicted octanol–water partition coefficient (Wildman–Crippen LogP) is 1.64. The van der Waals surface area contributed by atoms with Gasteiger partial charge >= 0.3 is 0 Å². The minimum atomic E-state index is -3.82.